The third-order valence-corrected chi connectivity index (χ3v) is 4.62. The van der Waals surface area contributed by atoms with Crippen molar-refractivity contribution in [3.63, 3.8) is 0 Å². The monoisotopic (exact) mass is 353 g/mol. The Labute approximate surface area is 143 Å². The number of likely N-dealkylation sites (tertiary alicyclic amines) is 1. The predicted molar refractivity (Wildman–Crippen MR) is 82.4 cm³/mol. The fourth-order valence-electron chi connectivity index (χ4n) is 3.48. The molecule has 0 unspecified atom stereocenters. The minimum absolute atomic E-state index is 0.0273. The van der Waals surface area contributed by atoms with Gasteiger partial charge in [0, 0.05) is 30.6 Å². The Morgan fingerprint density at radius 2 is 2.12 bits per heavy atom. The fourth-order valence-corrected chi connectivity index (χ4v) is 3.48. The molecule has 10 nitrogen and oxygen atoms in total. The van der Waals surface area contributed by atoms with E-state index in [0.717, 1.165) is 0 Å². The molecule has 0 radical (unpaired) electrons. The lowest BCUT2D eigenvalue weighted by Gasteiger charge is -2.59. The highest BCUT2D eigenvalue weighted by Crippen LogP contribution is 2.51. The molecule has 1 saturated heterocycles. The molecule has 136 valence electrons. The van der Waals surface area contributed by atoms with Crippen molar-refractivity contribution in [1.29, 1.82) is 0 Å². The molecular weight excluding hydrogens is 334 g/mol. The van der Waals surface area contributed by atoms with Crippen molar-refractivity contribution < 1.29 is 33.5 Å². The first kappa shape index (κ1) is 17.1. The number of nitrogens with zero attached hydrogens (tertiary/aromatic N) is 3. The van der Waals surface area contributed by atoms with Crippen LogP contribution in [0.15, 0.2) is 10.6 Å². The Morgan fingerprint density at radius 1 is 1.44 bits per heavy atom. The van der Waals surface area contributed by atoms with Crippen LogP contribution in [0.4, 0.5) is 15.5 Å². The molecule has 1 aliphatic carbocycles. The number of rotatable bonds is 4. The molecular formula is C15H19N3O7. The van der Waals surface area contributed by atoms with Crippen molar-refractivity contribution in [3.05, 3.63) is 11.8 Å². The molecule has 3 rings (SSSR count). The second-order valence-electron chi connectivity index (χ2n) is 6.31. The fraction of sp³-hybridized carbons (Fsp3) is 0.600. The molecule has 1 aromatic rings. The molecule has 1 aromatic heterocycles. The van der Waals surface area contributed by atoms with Crippen LogP contribution in [0.25, 0.3) is 0 Å². The molecule has 1 N–H and O–H groups in total. The van der Waals surface area contributed by atoms with E-state index in [1.165, 1.54) is 23.0 Å². The Kier molecular flexibility index (Phi) is 4.27. The van der Waals surface area contributed by atoms with E-state index < -0.39 is 18.2 Å². The molecule has 1 aliphatic heterocycles. The molecule has 2 heterocycles. The van der Waals surface area contributed by atoms with Gasteiger partial charge in [-0.15, -0.1) is 0 Å². The Balaban J connectivity index is 1.69. The summed E-state index contributed by atoms with van der Waals surface area (Å²) in [6.07, 6.45) is -0.308. The van der Waals surface area contributed by atoms with Gasteiger partial charge >= 0.3 is 18.2 Å². The van der Waals surface area contributed by atoms with Gasteiger partial charge in [0.1, 0.15) is 0 Å². The highest BCUT2D eigenvalue weighted by atomic mass is 16.6. The third kappa shape index (κ3) is 2.99. The number of aromatic nitrogens is 1. The van der Waals surface area contributed by atoms with Crippen LogP contribution in [0.1, 0.15) is 30.3 Å². The van der Waals surface area contributed by atoms with Crippen LogP contribution in [0.3, 0.4) is 0 Å². The predicted octanol–water partition coefficient (Wildman–Crippen LogP) is 1.57. The summed E-state index contributed by atoms with van der Waals surface area (Å²) in [6, 6.07) is 1.14. The summed E-state index contributed by atoms with van der Waals surface area (Å²) in [5.74, 6) is -0.535. The SMILES string of the molecule is CCOC(=O)c1cc(N(C(=O)OC)C2CC3(C2)CN(C(=O)O)C3)on1. The highest BCUT2D eigenvalue weighted by Gasteiger charge is 2.56. The van der Waals surface area contributed by atoms with Gasteiger partial charge in [0.05, 0.1) is 13.7 Å². The lowest BCUT2D eigenvalue weighted by molar-refractivity contribution is -0.0578. The first-order valence-corrected chi connectivity index (χ1v) is 7.88. The van der Waals surface area contributed by atoms with Gasteiger partial charge in [-0.05, 0) is 19.8 Å². The number of carbonyl (C=O) groups is 3. The summed E-state index contributed by atoms with van der Waals surface area (Å²) in [4.78, 5) is 37.4. The summed E-state index contributed by atoms with van der Waals surface area (Å²) >= 11 is 0. The number of carbonyl (C=O) groups excluding carboxylic acids is 2. The van der Waals surface area contributed by atoms with Gasteiger partial charge in [0.15, 0.2) is 5.69 Å². The number of hydrogen-bond acceptors (Lipinski definition) is 7. The smallest absolute Gasteiger partial charge is 0.416 e. The zero-order valence-corrected chi connectivity index (χ0v) is 13.9. The van der Waals surface area contributed by atoms with Crippen molar-refractivity contribution in [2.45, 2.75) is 25.8 Å². The van der Waals surface area contributed by atoms with Gasteiger partial charge < -0.3 is 24.0 Å². The van der Waals surface area contributed by atoms with Gasteiger partial charge in [-0.2, -0.15) is 0 Å². The summed E-state index contributed by atoms with van der Waals surface area (Å²) in [6.45, 7) is 2.79. The lowest BCUT2D eigenvalue weighted by Crippen LogP contribution is -2.68. The van der Waals surface area contributed by atoms with Gasteiger partial charge in [-0.1, -0.05) is 5.16 Å². The normalized spacial score (nSPS) is 18.2. The van der Waals surface area contributed by atoms with Gasteiger partial charge in [-0.25, -0.2) is 19.3 Å². The van der Waals surface area contributed by atoms with E-state index in [0.29, 0.717) is 25.9 Å². The van der Waals surface area contributed by atoms with E-state index >= 15 is 0 Å². The van der Waals surface area contributed by atoms with Crippen LogP contribution in [0.2, 0.25) is 0 Å². The zero-order chi connectivity index (χ0) is 18.2. The van der Waals surface area contributed by atoms with E-state index in [1.807, 2.05) is 0 Å². The largest absolute Gasteiger partial charge is 0.465 e. The zero-order valence-electron chi connectivity index (χ0n) is 13.9. The first-order valence-electron chi connectivity index (χ1n) is 7.88. The molecule has 1 spiro atoms. The van der Waals surface area contributed by atoms with Crippen LogP contribution < -0.4 is 4.90 Å². The van der Waals surface area contributed by atoms with Crippen molar-refractivity contribution in [1.82, 2.24) is 10.1 Å². The minimum Gasteiger partial charge on any atom is -0.465 e. The first-order chi connectivity index (χ1) is 11.9. The molecule has 2 aliphatic rings. The third-order valence-electron chi connectivity index (χ3n) is 4.62. The van der Waals surface area contributed by atoms with Crippen LogP contribution in [-0.2, 0) is 9.47 Å². The van der Waals surface area contributed by atoms with E-state index in [2.05, 4.69) is 5.16 Å². The number of methoxy groups -OCH3 is 1. The summed E-state index contributed by atoms with van der Waals surface area (Å²) in [5, 5.41) is 12.6. The number of esters is 1. The molecule has 0 bridgehead atoms. The number of ether oxygens (including phenoxy) is 2. The average Bonchev–Trinajstić information content (AvgIpc) is 2.96. The highest BCUT2D eigenvalue weighted by molar-refractivity contribution is 5.91. The van der Waals surface area contributed by atoms with Crippen molar-refractivity contribution in [2.75, 3.05) is 31.7 Å². The van der Waals surface area contributed by atoms with E-state index in [1.54, 1.807) is 6.92 Å². The molecule has 1 saturated carbocycles. The maximum Gasteiger partial charge on any atom is 0.416 e. The van der Waals surface area contributed by atoms with Crippen molar-refractivity contribution >= 4 is 24.0 Å². The van der Waals surface area contributed by atoms with Crippen LogP contribution in [0.5, 0.6) is 0 Å². The maximum absolute atomic E-state index is 12.1. The maximum atomic E-state index is 12.1. The topological polar surface area (TPSA) is 122 Å². The molecule has 10 heteroatoms. The van der Waals surface area contributed by atoms with Crippen molar-refractivity contribution in [2.24, 2.45) is 5.41 Å². The van der Waals surface area contributed by atoms with Gasteiger partial charge in [-0.3, -0.25) is 0 Å². The van der Waals surface area contributed by atoms with Gasteiger partial charge in [0.2, 0.25) is 5.88 Å². The quantitative estimate of drug-likeness (QED) is 0.809. The van der Waals surface area contributed by atoms with Crippen LogP contribution in [0, 0.1) is 5.41 Å². The molecule has 2 amide bonds. The number of carboxylic acid groups (broad SMARTS) is 1. The second-order valence-corrected chi connectivity index (χ2v) is 6.31. The number of amides is 2. The summed E-state index contributed by atoms with van der Waals surface area (Å²) in [5.41, 5.74) is -0.125. The average molecular weight is 353 g/mol. The standard InChI is InChI=1S/C15H19N3O7/c1-3-24-12(19)10-4-11(25-16-10)18(14(22)23-2)9-5-15(6-9)7-17(8-15)13(20)21/h4,9H,3,5-8H2,1-2H3,(H,20,21). The van der Waals surface area contributed by atoms with E-state index in [9.17, 15) is 14.4 Å². The van der Waals surface area contributed by atoms with E-state index in [-0.39, 0.29) is 29.6 Å². The Bertz CT molecular complexity index is 687. The second kappa shape index (κ2) is 6.26. The molecule has 25 heavy (non-hydrogen) atoms. The summed E-state index contributed by atoms with van der Waals surface area (Å²) < 4.78 is 14.8. The number of anilines is 1. The lowest BCUT2D eigenvalue weighted by atomic mass is 9.60. The Morgan fingerprint density at radius 3 is 2.68 bits per heavy atom. The summed E-state index contributed by atoms with van der Waals surface area (Å²) in [7, 11) is 1.25. The molecule has 0 aromatic carbocycles. The van der Waals surface area contributed by atoms with Gasteiger partial charge in [0.25, 0.3) is 0 Å². The Hall–Kier alpha value is -2.78. The minimum atomic E-state index is -0.937. The van der Waals surface area contributed by atoms with E-state index in [4.69, 9.17) is 19.1 Å². The molecule has 0 atom stereocenters. The van der Waals surface area contributed by atoms with Crippen LogP contribution >= 0.6 is 0 Å². The van der Waals surface area contributed by atoms with Crippen LogP contribution in [-0.4, -0.2) is 66.2 Å². The molecule has 2 fully saturated rings. The number of hydrogen-bond donors (Lipinski definition) is 1. The van der Waals surface area contributed by atoms with Crippen molar-refractivity contribution in [3.8, 4) is 0 Å².